The molecule has 0 unspecified atom stereocenters. The zero-order valence-electron chi connectivity index (χ0n) is 12.4. The highest BCUT2D eigenvalue weighted by molar-refractivity contribution is 7.90. The number of hydrogen-bond acceptors (Lipinski definition) is 4. The van der Waals surface area contributed by atoms with Crippen molar-refractivity contribution in [3.05, 3.63) is 65.9 Å². The van der Waals surface area contributed by atoms with Crippen molar-refractivity contribution in [2.45, 2.75) is 18.4 Å². The molecular formula is C17H15NO4S. The molecule has 0 saturated carbocycles. The molecule has 1 heterocycles. The molecule has 0 aliphatic rings. The first-order chi connectivity index (χ1) is 11.0. The van der Waals surface area contributed by atoms with Crippen LogP contribution in [0.3, 0.4) is 0 Å². The summed E-state index contributed by atoms with van der Waals surface area (Å²) in [6.45, 7) is 0.816. The molecule has 6 heteroatoms. The lowest BCUT2D eigenvalue weighted by Gasteiger charge is -2.11. The highest BCUT2D eigenvalue weighted by atomic mass is 32.2. The van der Waals surface area contributed by atoms with E-state index in [0.29, 0.717) is 10.9 Å². The summed E-state index contributed by atoms with van der Waals surface area (Å²) in [7, 11) is -3.92. The molecule has 0 aliphatic carbocycles. The van der Waals surface area contributed by atoms with E-state index in [0.717, 1.165) is 3.97 Å². The number of hydrogen-bond donors (Lipinski definition) is 1. The molecule has 2 aromatic carbocycles. The monoisotopic (exact) mass is 329 g/mol. The second-order valence-corrected chi connectivity index (χ2v) is 6.92. The Morgan fingerprint density at radius 3 is 2.26 bits per heavy atom. The summed E-state index contributed by atoms with van der Waals surface area (Å²) in [5.41, 5.74) is 0.704. The van der Waals surface area contributed by atoms with E-state index in [4.69, 9.17) is 0 Å². The van der Waals surface area contributed by atoms with Crippen molar-refractivity contribution < 1.29 is 18.3 Å². The topological polar surface area (TPSA) is 76.4 Å². The third-order valence-corrected chi connectivity index (χ3v) is 5.47. The predicted octanol–water partition coefficient (Wildman–Crippen LogP) is 2.57. The fraction of sp³-hybridized carbons (Fsp3) is 0.118. The summed E-state index contributed by atoms with van der Waals surface area (Å²) in [5, 5.41) is 10.2. The SMILES string of the molecule is CC(=O)c1c(CO)n(S(=O)(=O)c2ccccc2)c2ccccc12. The summed E-state index contributed by atoms with van der Waals surface area (Å²) in [6, 6.07) is 14.7. The Morgan fingerprint density at radius 2 is 1.65 bits per heavy atom. The largest absolute Gasteiger partial charge is 0.390 e. The molecule has 0 atom stereocenters. The zero-order chi connectivity index (χ0) is 16.6. The number of nitrogens with zero attached hydrogens (tertiary/aromatic N) is 1. The average molecular weight is 329 g/mol. The summed E-state index contributed by atoms with van der Waals surface area (Å²) in [6.07, 6.45) is 0. The van der Waals surface area contributed by atoms with Gasteiger partial charge in [0.1, 0.15) is 0 Å². The van der Waals surface area contributed by atoms with Gasteiger partial charge in [-0.1, -0.05) is 36.4 Å². The van der Waals surface area contributed by atoms with Gasteiger partial charge in [0, 0.05) is 10.9 Å². The second-order valence-electron chi connectivity index (χ2n) is 5.14. The van der Waals surface area contributed by atoms with Gasteiger partial charge >= 0.3 is 0 Å². The standard InChI is InChI=1S/C17H15NO4S/c1-12(20)17-14-9-5-6-10-15(14)18(16(17)11-19)23(21,22)13-7-3-2-4-8-13/h2-10,19H,11H2,1H3. The highest BCUT2D eigenvalue weighted by Gasteiger charge is 2.27. The molecule has 5 nitrogen and oxygen atoms in total. The molecule has 23 heavy (non-hydrogen) atoms. The number of carbonyl (C=O) groups excluding carboxylic acids is 1. The van der Waals surface area contributed by atoms with Crippen molar-refractivity contribution in [2.75, 3.05) is 0 Å². The first-order valence-electron chi connectivity index (χ1n) is 7.03. The number of rotatable bonds is 4. The van der Waals surface area contributed by atoms with Gasteiger partial charge in [-0.25, -0.2) is 12.4 Å². The van der Waals surface area contributed by atoms with Gasteiger partial charge in [-0.15, -0.1) is 0 Å². The number of fused-ring (bicyclic) bond motifs is 1. The van der Waals surface area contributed by atoms with Gasteiger partial charge in [0.2, 0.25) is 0 Å². The van der Waals surface area contributed by atoms with E-state index in [9.17, 15) is 18.3 Å². The van der Waals surface area contributed by atoms with Crippen molar-refractivity contribution in [1.82, 2.24) is 3.97 Å². The minimum absolute atomic E-state index is 0.0857. The maximum Gasteiger partial charge on any atom is 0.268 e. The summed E-state index contributed by atoms with van der Waals surface area (Å²) < 4.78 is 27.1. The number of benzene rings is 2. The van der Waals surface area contributed by atoms with Crippen LogP contribution in [0.15, 0.2) is 59.5 Å². The van der Waals surface area contributed by atoms with Gasteiger partial charge in [0.25, 0.3) is 10.0 Å². The first kappa shape index (κ1) is 15.5. The van der Waals surface area contributed by atoms with Crippen molar-refractivity contribution in [3.63, 3.8) is 0 Å². The van der Waals surface area contributed by atoms with Crippen LogP contribution in [-0.4, -0.2) is 23.3 Å². The van der Waals surface area contributed by atoms with Crippen LogP contribution in [0, 0.1) is 0 Å². The molecule has 3 rings (SSSR count). The highest BCUT2D eigenvalue weighted by Crippen LogP contribution is 2.30. The predicted molar refractivity (Wildman–Crippen MR) is 86.9 cm³/mol. The summed E-state index contributed by atoms with van der Waals surface area (Å²) in [4.78, 5) is 12.1. The molecule has 0 aliphatic heterocycles. The van der Waals surface area contributed by atoms with Crippen LogP contribution in [0.1, 0.15) is 23.0 Å². The van der Waals surface area contributed by atoms with Crippen LogP contribution in [0.25, 0.3) is 10.9 Å². The molecular weight excluding hydrogens is 314 g/mol. The molecule has 0 amide bonds. The van der Waals surface area contributed by atoms with E-state index in [2.05, 4.69) is 0 Å². The molecule has 1 aromatic heterocycles. The fourth-order valence-electron chi connectivity index (χ4n) is 2.77. The van der Waals surface area contributed by atoms with Gasteiger partial charge in [-0.2, -0.15) is 0 Å². The van der Waals surface area contributed by atoms with E-state index >= 15 is 0 Å². The number of Topliss-reactive ketones (excluding diaryl/α,β-unsaturated/α-hetero) is 1. The molecule has 0 radical (unpaired) electrons. The third kappa shape index (κ3) is 2.36. The molecule has 0 bridgehead atoms. The lowest BCUT2D eigenvalue weighted by Crippen LogP contribution is -2.16. The van der Waals surface area contributed by atoms with Gasteiger partial charge in [0.05, 0.1) is 22.7 Å². The molecule has 3 aromatic rings. The number of aliphatic hydroxyl groups excluding tert-OH is 1. The number of aliphatic hydroxyl groups is 1. The van der Waals surface area contributed by atoms with E-state index in [1.54, 1.807) is 42.5 Å². The lowest BCUT2D eigenvalue weighted by atomic mass is 10.1. The van der Waals surface area contributed by atoms with Crippen LogP contribution in [0.4, 0.5) is 0 Å². The maximum atomic E-state index is 13.0. The minimum atomic E-state index is -3.92. The Labute approximate surface area is 133 Å². The van der Waals surface area contributed by atoms with Crippen molar-refractivity contribution in [2.24, 2.45) is 0 Å². The van der Waals surface area contributed by atoms with Crippen LogP contribution < -0.4 is 0 Å². The van der Waals surface area contributed by atoms with Crippen molar-refractivity contribution in [1.29, 1.82) is 0 Å². The molecule has 0 fully saturated rings. The van der Waals surface area contributed by atoms with E-state index in [1.165, 1.54) is 19.1 Å². The fourth-order valence-corrected chi connectivity index (χ4v) is 4.34. The van der Waals surface area contributed by atoms with Crippen molar-refractivity contribution in [3.8, 4) is 0 Å². The van der Waals surface area contributed by atoms with Gasteiger partial charge in [-0.3, -0.25) is 4.79 Å². The quantitative estimate of drug-likeness (QED) is 0.746. The van der Waals surface area contributed by atoms with Crippen LogP contribution >= 0.6 is 0 Å². The Hall–Kier alpha value is -2.44. The lowest BCUT2D eigenvalue weighted by molar-refractivity contribution is 0.101. The smallest absolute Gasteiger partial charge is 0.268 e. The Balaban J connectivity index is 2.45. The van der Waals surface area contributed by atoms with E-state index in [1.807, 2.05) is 0 Å². The maximum absolute atomic E-state index is 13.0. The normalized spacial score (nSPS) is 11.7. The van der Waals surface area contributed by atoms with Crippen LogP contribution in [0.5, 0.6) is 0 Å². The number of carbonyl (C=O) groups is 1. The zero-order valence-corrected chi connectivity index (χ0v) is 13.2. The van der Waals surface area contributed by atoms with Crippen LogP contribution in [-0.2, 0) is 16.6 Å². The number of para-hydroxylation sites is 1. The molecule has 118 valence electrons. The summed E-state index contributed by atoms with van der Waals surface area (Å²) in [5.74, 6) is -0.285. The molecule has 0 saturated heterocycles. The Kier molecular flexibility index (Phi) is 3.79. The first-order valence-corrected chi connectivity index (χ1v) is 8.47. The number of aromatic nitrogens is 1. The summed E-state index contributed by atoms with van der Waals surface area (Å²) >= 11 is 0. The van der Waals surface area contributed by atoms with Gasteiger partial charge < -0.3 is 5.11 Å². The minimum Gasteiger partial charge on any atom is -0.390 e. The van der Waals surface area contributed by atoms with E-state index < -0.39 is 16.6 Å². The molecule has 0 spiro atoms. The van der Waals surface area contributed by atoms with Crippen molar-refractivity contribution >= 4 is 26.7 Å². The Morgan fingerprint density at radius 1 is 1.04 bits per heavy atom. The molecule has 1 N–H and O–H groups in total. The van der Waals surface area contributed by atoms with Gasteiger partial charge in [-0.05, 0) is 25.1 Å². The van der Waals surface area contributed by atoms with Gasteiger partial charge in [0.15, 0.2) is 5.78 Å². The van der Waals surface area contributed by atoms with Crippen LogP contribution in [0.2, 0.25) is 0 Å². The average Bonchev–Trinajstić information content (AvgIpc) is 2.90. The third-order valence-electron chi connectivity index (χ3n) is 3.71. The second kappa shape index (κ2) is 5.64. The Bertz CT molecular complexity index is 988. The van der Waals surface area contributed by atoms with E-state index in [-0.39, 0.29) is 21.9 Å². The number of ketones is 1.